The first-order chi connectivity index (χ1) is 12.1. The molecule has 1 unspecified atom stereocenters. The highest BCUT2D eigenvalue weighted by Crippen LogP contribution is 2.22. The summed E-state index contributed by atoms with van der Waals surface area (Å²) in [6, 6.07) is 10.2. The van der Waals surface area contributed by atoms with Gasteiger partial charge in [0, 0.05) is 5.69 Å². The van der Waals surface area contributed by atoms with Crippen molar-refractivity contribution in [2.45, 2.75) is 33.7 Å². The summed E-state index contributed by atoms with van der Waals surface area (Å²) in [4.78, 5) is 8.93. The molecule has 1 aromatic carbocycles. The number of aromatic nitrogens is 4. The third kappa shape index (κ3) is 3.96. The fourth-order valence-electron chi connectivity index (χ4n) is 2.73. The minimum atomic E-state index is 0.0745. The molecule has 2 aromatic heterocycles. The second-order valence-electron chi connectivity index (χ2n) is 5.97. The molecule has 0 saturated heterocycles. The smallest absolute Gasteiger partial charge is 0.174 e. The molecule has 0 saturated carbocycles. The van der Waals surface area contributed by atoms with Crippen molar-refractivity contribution in [2.75, 3.05) is 11.9 Å². The molecular formula is C19H23N5O. The average molecular weight is 337 g/mol. The Morgan fingerprint density at radius 3 is 2.76 bits per heavy atom. The van der Waals surface area contributed by atoms with E-state index in [9.17, 15) is 0 Å². The quantitative estimate of drug-likeness (QED) is 0.740. The number of hydrogen-bond donors (Lipinski definition) is 1. The van der Waals surface area contributed by atoms with E-state index in [4.69, 9.17) is 4.74 Å². The van der Waals surface area contributed by atoms with Crippen LogP contribution in [0, 0.1) is 13.8 Å². The standard InChI is InChI=1S/C19H23N5O/c1-5-25-17-8-6-7-16(10-17)15(4)21-18-11-20-12-19(22-18)24-14(3)9-13(2)23-24/h6-12,15H,5H2,1-4H3,(H,21,22). The summed E-state index contributed by atoms with van der Waals surface area (Å²) in [5.41, 5.74) is 3.12. The lowest BCUT2D eigenvalue weighted by Crippen LogP contribution is -2.10. The van der Waals surface area contributed by atoms with E-state index in [1.807, 2.05) is 45.0 Å². The van der Waals surface area contributed by atoms with Gasteiger partial charge in [-0.15, -0.1) is 0 Å². The Morgan fingerprint density at radius 1 is 1.20 bits per heavy atom. The average Bonchev–Trinajstić information content (AvgIpc) is 2.94. The number of ether oxygens (including phenoxy) is 1. The SMILES string of the molecule is CCOc1cccc(C(C)Nc2cncc(-n3nc(C)cc3C)n2)c1. The Labute approximate surface area is 147 Å². The third-order valence-electron chi connectivity index (χ3n) is 3.88. The number of aryl methyl sites for hydroxylation is 2. The first-order valence-corrected chi connectivity index (χ1v) is 8.42. The van der Waals surface area contributed by atoms with E-state index in [-0.39, 0.29) is 6.04 Å². The maximum absolute atomic E-state index is 5.57. The van der Waals surface area contributed by atoms with E-state index in [0.717, 1.165) is 22.7 Å². The highest BCUT2D eigenvalue weighted by Gasteiger charge is 2.10. The molecule has 0 aliphatic carbocycles. The fraction of sp³-hybridized carbons (Fsp3) is 0.316. The van der Waals surface area contributed by atoms with Gasteiger partial charge < -0.3 is 10.1 Å². The van der Waals surface area contributed by atoms with Gasteiger partial charge in [0.1, 0.15) is 11.6 Å². The Bertz CT molecular complexity index is 859. The number of nitrogens with one attached hydrogen (secondary N) is 1. The zero-order chi connectivity index (χ0) is 17.8. The van der Waals surface area contributed by atoms with Crippen LogP contribution in [0.1, 0.15) is 36.8 Å². The Morgan fingerprint density at radius 2 is 2.04 bits per heavy atom. The Hall–Kier alpha value is -2.89. The molecule has 0 spiro atoms. The molecule has 1 atom stereocenters. The monoisotopic (exact) mass is 337 g/mol. The molecule has 2 heterocycles. The van der Waals surface area contributed by atoms with Crippen LogP contribution in [0.5, 0.6) is 5.75 Å². The van der Waals surface area contributed by atoms with Gasteiger partial charge in [-0.2, -0.15) is 5.10 Å². The number of hydrogen-bond acceptors (Lipinski definition) is 5. The topological polar surface area (TPSA) is 64.9 Å². The summed E-state index contributed by atoms with van der Waals surface area (Å²) in [5.74, 6) is 2.28. The van der Waals surface area contributed by atoms with Crippen molar-refractivity contribution in [1.82, 2.24) is 19.7 Å². The summed E-state index contributed by atoms with van der Waals surface area (Å²) >= 11 is 0. The summed E-state index contributed by atoms with van der Waals surface area (Å²) in [6.07, 6.45) is 3.43. The second kappa shape index (κ2) is 7.34. The van der Waals surface area contributed by atoms with Gasteiger partial charge in [-0.25, -0.2) is 9.67 Å². The van der Waals surface area contributed by atoms with E-state index in [1.165, 1.54) is 0 Å². The molecule has 6 nitrogen and oxygen atoms in total. The molecule has 0 aliphatic rings. The highest BCUT2D eigenvalue weighted by molar-refractivity contribution is 5.41. The van der Waals surface area contributed by atoms with Crippen LogP contribution in [0.15, 0.2) is 42.7 Å². The van der Waals surface area contributed by atoms with E-state index in [0.29, 0.717) is 18.2 Å². The predicted molar refractivity (Wildman–Crippen MR) is 98.3 cm³/mol. The van der Waals surface area contributed by atoms with Gasteiger partial charge in [0.05, 0.1) is 30.7 Å². The van der Waals surface area contributed by atoms with Crippen LogP contribution in [0.25, 0.3) is 5.82 Å². The van der Waals surface area contributed by atoms with Crippen LogP contribution in [0.2, 0.25) is 0 Å². The summed E-state index contributed by atoms with van der Waals surface area (Å²) < 4.78 is 7.37. The van der Waals surface area contributed by atoms with E-state index >= 15 is 0 Å². The number of nitrogens with zero attached hydrogens (tertiary/aromatic N) is 4. The molecule has 0 bridgehead atoms. The molecular weight excluding hydrogens is 314 g/mol. The van der Waals surface area contributed by atoms with Crippen LogP contribution in [0.3, 0.4) is 0 Å². The molecule has 0 fully saturated rings. The normalized spacial score (nSPS) is 12.0. The van der Waals surface area contributed by atoms with E-state index < -0.39 is 0 Å². The van der Waals surface area contributed by atoms with Crippen molar-refractivity contribution in [2.24, 2.45) is 0 Å². The van der Waals surface area contributed by atoms with E-state index in [2.05, 4.69) is 33.4 Å². The minimum absolute atomic E-state index is 0.0745. The van der Waals surface area contributed by atoms with Crippen molar-refractivity contribution in [1.29, 1.82) is 0 Å². The maximum Gasteiger partial charge on any atom is 0.174 e. The lowest BCUT2D eigenvalue weighted by Gasteiger charge is -2.16. The van der Waals surface area contributed by atoms with Crippen molar-refractivity contribution >= 4 is 5.82 Å². The molecule has 0 aliphatic heterocycles. The molecule has 0 amide bonds. The van der Waals surface area contributed by atoms with Crippen molar-refractivity contribution in [3.63, 3.8) is 0 Å². The van der Waals surface area contributed by atoms with Crippen LogP contribution < -0.4 is 10.1 Å². The number of benzene rings is 1. The van der Waals surface area contributed by atoms with Gasteiger partial charge in [-0.1, -0.05) is 12.1 Å². The molecule has 3 aromatic rings. The van der Waals surface area contributed by atoms with Crippen LogP contribution >= 0.6 is 0 Å². The van der Waals surface area contributed by atoms with Crippen molar-refractivity contribution in [3.05, 3.63) is 59.7 Å². The highest BCUT2D eigenvalue weighted by atomic mass is 16.5. The van der Waals surface area contributed by atoms with E-state index in [1.54, 1.807) is 17.1 Å². The third-order valence-corrected chi connectivity index (χ3v) is 3.88. The molecule has 0 radical (unpaired) electrons. The van der Waals surface area contributed by atoms with Crippen LogP contribution in [0.4, 0.5) is 5.82 Å². The second-order valence-corrected chi connectivity index (χ2v) is 5.97. The van der Waals surface area contributed by atoms with Crippen molar-refractivity contribution < 1.29 is 4.74 Å². The van der Waals surface area contributed by atoms with Crippen LogP contribution in [-0.4, -0.2) is 26.4 Å². The van der Waals surface area contributed by atoms with Gasteiger partial charge in [0.15, 0.2) is 5.82 Å². The summed E-state index contributed by atoms with van der Waals surface area (Å²) in [5, 5.41) is 7.85. The van der Waals surface area contributed by atoms with Gasteiger partial charge in [-0.05, 0) is 51.5 Å². The first kappa shape index (κ1) is 17.0. The summed E-state index contributed by atoms with van der Waals surface area (Å²) in [7, 11) is 0. The maximum atomic E-state index is 5.57. The molecule has 130 valence electrons. The Kier molecular flexibility index (Phi) is 4.97. The lowest BCUT2D eigenvalue weighted by molar-refractivity contribution is 0.340. The van der Waals surface area contributed by atoms with Gasteiger partial charge in [-0.3, -0.25) is 4.98 Å². The summed E-state index contributed by atoms with van der Waals surface area (Å²) in [6.45, 7) is 8.69. The number of anilines is 1. The lowest BCUT2D eigenvalue weighted by atomic mass is 10.1. The zero-order valence-corrected chi connectivity index (χ0v) is 15.0. The van der Waals surface area contributed by atoms with Crippen LogP contribution in [-0.2, 0) is 0 Å². The largest absolute Gasteiger partial charge is 0.494 e. The first-order valence-electron chi connectivity index (χ1n) is 8.42. The van der Waals surface area contributed by atoms with Crippen molar-refractivity contribution in [3.8, 4) is 11.6 Å². The van der Waals surface area contributed by atoms with Gasteiger partial charge >= 0.3 is 0 Å². The predicted octanol–water partition coefficient (Wildman–Crippen LogP) is 3.85. The minimum Gasteiger partial charge on any atom is -0.494 e. The zero-order valence-electron chi connectivity index (χ0n) is 15.0. The number of rotatable bonds is 6. The molecule has 6 heteroatoms. The molecule has 3 rings (SSSR count). The van der Waals surface area contributed by atoms with Gasteiger partial charge in [0.2, 0.25) is 0 Å². The fourth-order valence-corrected chi connectivity index (χ4v) is 2.73. The Balaban J connectivity index is 1.80. The van der Waals surface area contributed by atoms with Gasteiger partial charge in [0.25, 0.3) is 0 Å². The molecule has 25 heavy (non-hydrogen) atoms. The molecule has 1 N–H and O–H groups in total.